The van der Waals surface area contributed by atoms with Crippen molar-refractivity contribution < 1.29 is 4.39 Å². The Morgan fingerprint density at radius 3 is 2.63 bits per heavy atom. The number of nitrogens with two attached hydrogens (primary N) is 1. The summed E-state index contributed by atoms with van der Waals surface area (Å²) in [6.07, 6.45) is 0. The third kappa shape index (κ3) is 2.15. The van der Waals surface area contributed by atoms with Crippen molar-refractivity contribution in [3.05, 3.63) is 51.2 Å². The van der Waals surface area contributed by atoms with E-state index >= 15 is 0 Å². The number of imidazole rings is 1. The van der Waals surface area contributed by atoms with E-state index in [0.717, 1.165) is 20.1 Å². The standard InChI is InChI=1S/C13H8Br2FN3/c14-7-1-3-11(9(15)5-7)19-12-4-2-8(16)6-10(12)18-13(19)17/h1-6H,(H2,17,18). The maximum Gasteiger partial charge on any atom is 0.205 e. The van der Waals surface area contributed by atoms with E-state index in [9.17, 15) is 4.39 Å². The second-order valence-corrected chi connectivity index (χ2v) is 5.80. The minimum absolute atomic E-state index is 0.323. The number of nitrogens with zero attached hydrogens (tertiary/aromatic N) is 2. The molecule has 19 heavy (non-hydrogen) atoms. The molecule has 0 radical (unpaired) electrons. The SMILES string of the molecule is Nc1nc2cc(F)ccc2n1-c1ccc(Br)cc1Br. The Morgan fingerprint density at radius 1 is 1.11 bits per heavy atom. The van der Waals surface area contributed by atoms with Gasteiger partial charge in [-0.2, -0.15) is 0 Å². The molecule has 0 aliphatic rings. The van der Waals surface area contributed by atoms with Crippen molar-refractivity contribution in [1.29, 1.82) is 0 Å². The molecule has 6 heteroatoms. The van der Waals surface area contributed by atoms with E-state index in [1.54, 1.807) is 10.6 Å². The first-order valence-electron chi connectivity index (χ1n) is 5.45. The van der Waals surface area contributed by atoms with Gasteiger partial charge in [0.2, 0.25) is 5.95 Å². The quantitative estimate of drug-likeness (QED) is 0.680. The van der Waals surface area contributed by atoms with Gasteiger partial charge in [-0.05, 0) is 46.3 Å². The van der Waals surface area contributed by atoms with Gasteiger partial charge in [0.25, 0.3) is 0 Å². The number of anilines is 1. The molecule has 2 aromatic carbocycles. The maximum absolute atomic E-state index is 13.2. The fourth-order valence-electron chi connectivity index (χ4n) is 1.99. The van der Waals surface area contributed by atoms with E-state index in [0.29, 0.717) is 11.5 Å². The molecular formula is C13H8Br2FN3. The lowest BCUT2D eigenvalue weighted by Crippen LogP contribution is -2.01. The molecule has 0 aliphatic heterocycles. The first-order chi connectivity index (χ1) is 9.06. The molecule has 0 bridgehead atoms. The number of rotatable bonds is 1. The molecule has 96 valence electrons. The molecule has 0 saturated carbocycles. The van der Waals surface area contributed by atoms with Gasteiger partial charge in [0.1, 0.15) is 5.82 Å². The molecule has 0 atom stereocenters. The topological polar surface area (TPSA) is 43.8 Å². The van der Waals surface area contributed by atoms with Crippen LogP contribution in [0.25, 0.3) is 16.7 Å². The molecule has 0 spiro atoms. The Morgan fingerprint density at radius 2 is 1.89 bits per heavy atom. The minimum Gasteiger partial charge on any atom is -0.369 e. The number of hydrogen-bond donors (Lipinski definition) is 1. The Kier molecular flexibility index (Phi) is 3.06. The monoisotopic (exact) mass is 383 g/mol. The van der Waals surface area contributed by atoms with Crippen molar-refractivity contribution in [2.45, 2.75) is 0 Å². The van der Waals surface area contributed by atoms with Crippen LogP contribution in [0.15, 0.2) is 45.3 Å². The first kappa shape index (κ1) is 12.6. The molecule has 3 rings (SSSR count). The van der Waals surface area contributed by atoms with E-state index in [2.05, 4.69) is 36.8 Å². The van der Waals surface area contributed by atoms with Gasteiger partial charge in [-0.25, -0.2) is 9.37 Å². The van der Waals surface area contributed by atoms with Crippen LogP contribution in [-0.4, -0.2) is 9.55 Å². The maximum atomic E-state index is 13.2. The lowest BCUT2D eigenvalue weighted by atomic mass is 10.2. The van der Waals surface area contributed by atoms with Crippen LogP contribution >= 0.6 is 31.9 Å². The van der Waals surface area contributed by atoms with Gasteiger partial charge in [-0.1, -0.05) is 15.9 Å². The molecule has 2 N–H and O–H groups in total. The summed E-state index contributed by atoms with van der Waals surface area (Å²) in [7, 11) is 0. The molecule has 0 aliphatic carbocycles. The number of benzene rings is 2. The second kappa shape index (κ2) is 4.61. The zero-order chi connectivity index (χ0) is 13.6. The summed E-state index contributed by atoms with van der Waals surface area (Å²) in [5, 5.41) is 0. The molecular weight excluding hydrogens is 377 g/mol. The van der Waals surface area contributed by atoms with E-state index in [1.807, 2.05) is 18.2 Å². The van der Waals surface area contributed by atoms with Crippen molar-refractivity contribution >= 4 is 48.8 Å². The summed E-state index contributed by atoms with van der Waals surface area (Å²) in [6, 6.07) is 10.2. The molecule has 0 fully saturated rings. The predicted molar refractivity (Wildman–Crippen MR) is 80.8 cm³/mol. The molecule has 1 aromatic heterocycles. The lowest BCUT2D eigenvalue weighted by molar-refractivity contribution is 0.629. The van der Waals surface area contributed by atoms with Crippen molar-refractivity contribution in [2.24, 2.45) is 0 Å². The van der Waals surface area contributed by atoms with Crippen molar-refractivity contribution in [2.75, 3.05) is 5.73 Å². The Bertz CT molecular complexity index is 783. The van der Waals surface area contributed by atoms with Crippen LogP contribution in [0.2, 0.25) is 0 Å². The van der Waals surface area contributed by atoms with Gasteiger partial charge in [0, 0.05) is 15.0 Å². The Balaban J connectivity index is 2.33. The normalized spacial score (nSPS) is 11.1. The van der Waals surface area contributed by atoms with Crippen molar-refractivity contribution in [1.82, 2.24) is 9.55 Å². The third-order valence-corrected chi connectivity index (χ3v) is 3.92. The smallest absolute Gasteiger partial charge is 0.205 e. The number of aromatic nitrogens is 2. The van der Waals surface area contributed by atoms with Gasteiger partial charge < -0.3 is 5.73 Å². The largest absolute Gasteiger partial charge is 0.369 e. The van der Waals surface area contributed by atoms with Crippen LogP contribution in [0.3, 0.4) is 0 Å². The number of fused-ring (bicyclic) bond motifs is 1. The molecule has 3 aromatic rings. The highest BCUT2D eigenvalue weighted by Gasteiger charge is 2.13. The fourth-order valence-corrected chi connectivity index (χ4v) is 3.21. The summed E-state index contributed by atoms with van der Waals surface area (Å²) < 4.78 is 16.8. The molecule has 0 amide bonds. The predicted octanol–water partition coefficient (Wildman–Crippen LogP) is 4.27. The van der Waals surface area contributed by atoms with Crippen LogP contribution < -0.4 is 5.73 Å². The number of hydrogen-bond acceptors (Lipinski definition) is 2. The average molecular weight is 385 g/mol. The van der Waals surface area contributed by atoms with Crippen molar-refractivity contribution in [3.8, 4) is 5.69 Å². The van der Waals surface area contributed by atoms with E-state index in [4.69, 9.17) is 5.73 Å². The Hall–Kier alpha value is -1.40. The molecule has 3 nitrogen and oxygen atoms in total. The fraction of sp³-hybridized carbons (Fsp3) is 0. The molecule has 0 saturated heterocycles. The van der Waals surface area contributed by atoms with Gasteiger partial charge in [0.15, 0.2) is 0 Å². The average Bonchev–Trinajstić information content (AvgIpc) is 2.65. The highest BCUT2D eigenvalue weighted by Crippen LogP contribution is 2.30. The van der Waals surface area contributed by atoms with Crippen LogP contribution in [0.1, 0.15) is 0 Å². The minimum atomic E-state index is -0.327. The highest BCUT2D eigenvalue weighted by atomic mass is 79.9. The van der Waals surface area contributed by atoms with Gasteiger partial charge in [0.05, 0.1) is 16.7 Å². The Labute approximate surface area is 125 Å². The van der Waals surface area contributed by atoms with Crippen LogP contribution in [0.4, 0.5) is 10.3 Å². The zero-order valence-electron chi connectivity index (χ0n) is 9.57. The highest BCUT2D eigenvalue weighted by molar-refractivity contribution is 9.11. The van der Waals surface area contributed by atoms with Gasteiger partial charge >= 0.3 is 0 Å². The zero-order valence-corrected chi connectivity index (χ0v) is 12.7. The van der Waals surface area contributed by atoms with Gasteiger partial charge in [-0.3, -0.25) is 4.57 Å². The van der Waals surface area contributed by atoms with E-state index < -0.39 is 0 Å². The van der Waals surface area contributed by atoms with E-state index in [-0.39, 0.29) is 5.82 Å². The third-order valence-electron chi connectivity index (χ3n) is 2.79. The molecule has 0 unspecified atom stereocenters. The molecule has 1 heterocycles. The van der Waals surface area contributed by atoms with Crippen LogP contribution in [0.5, 0.6) is 0 Å². The lowest BCUT2D eigenvalue weighted by Gasteiger charge is -2.09. The van der Waals surface area contributed by atoms with Crippen LogP contribution in [0, 0.1) is 5.82 Å². The summed E-state index contributed by atoms with van der Waals surface area (Å²) in [6.45, 7) is 0. The summed E-state index contributed by atoms with van der Waals surface area (Å²) in [5.41, 5.74) is 8.10. The van der Waals surface area contributed by atoms with Gasteiger partial charge in [-0.15, -0.1) is 0 Å². The second-order valence-electron chi connectivity index (χ2n) is 4.03. The summed E-state index contributed by atoms with van der Waals surface area (Å²) in [5.74, 6) is -0.00403. The first-order valence-corrected chi connectivity index (χ1v) is 7.04. The van der Waals surface area contributed by atoms with E-state index in [1.165, 1.54) is 12.1 Å². The number of nitrogen functional groups attached to an aromatic ring is 1. The van der Waals surface area contributed by atoms with Crippen molar-refractivity contribution in [3.63, 3.8) is 0 Å². The number of halogens is 3. The summed E-state index contributed by atoms with van der Waals surface area (Å²) >= 11 is 6.90. The van der Waals surface area contributed by atoms with Crippen LogP contribution in [-0.2, 0) is 0 Å². The summed E-state index contributed by atoms with van der Waals surface area (Å²) in [4.78, 5) is 4.18.